The number of rotatable bonds is 8. The van der Waals surface area contributed by atoms with Crippen LogP contribution in [-0.2, 0) is 28.9 Å². The number of morpholine rings is 1. The summed E-state index contributed by atoms with van der Waals surface area (Å²) in [5.74, 6) is 1.99. The number of carbonyl (C=O) groups is 1. The minimum atomic E-state index is -0.352. The summed E-state index contributed by atoms with van der Waals surface area (Å²) in [4.78, 5) is 18.4. The van der Waals surface area contributed by atoms with E-state index in [1.54, 1.807) is 24.4 Å². The summed E-state index contributed by atoms with van der Waals surface area (Å²) in [6, 6.07) is 18.2. The first-order valence-corrected chi connectivity index (χ1v) is 12.5. The molecule has 0 saturated carbocycles. The highest BCUT2D eigenvalue weighted by atomic mass is 16.6. The fraction of sp³-hybridized carbons (Fsp3) is 0.379. The number of benzene rings is 2. The Balaban J connectivity index is 1.17. The van der Waals surface area contributed by atoms with Crippen LogP contribution in [0.25, 0.3) is 0 Å². The number of hydrogen-bond acceptors (Lipinski definition) is 6. The van der Waals surface area contributed by atoms with E-state index < -0.39 is 0 Å². The van der Waals surface area contributed by atoms with Crippen LogP contribution in [0.2, 0.25) is 0 Å². The van der Waals surface area contributed by atoms with Crippen LogP contribution in [0.4, 0.5) is 4.79 Å². The average Bonchev–Trinajstić information content (AvgIpc) is 3.35. The molecular weight excluding hydrogens is 456 g/mol. The minimum Gasteiger partial charge on any atom is -0.493 e. The van der Waals surface area contributed by atoms with Crippen molar-refractivity contribution in [3.63, 3.8) is 0 Å². The van der Waals surface area contributed by atoms with Crippen LogP contribution < -0.4 is 9.47 Å². The first-order valence-electron chi connectivity index (χ1n) is 12.5. The van der Waals surface area contributed by atoms with E-state index in [0.29, 0.717) is 43.7 Å². The molecule has 36 heavy (non-hydrogen) atoms. The number of ether oxygens (including phenoxy) is 4. The summed E-state index contributed by atoms with van der Waals surface area (Å²) in [7, 11) is 1.65. The number of carbonyl (C=O) groups excluding carboxylic acids is 1. The number of methoxy groups -OCH3 is 1. The van der Waals surface area contributed by atoms with Crippen molar-refractivity contribution in [1.29, 1.82) is 0 Å². The van der Waals surface area contributed by atoms with Gasteiger partial charge in [0, 0.05) is 24.5 Å². The maximum absolute atomic E-state index is 12.6. The molecule has 2 heterocycles. The van der Waals surface area contributed by atoms with E-state index in [4.69, 9.17) is 18.9 Å². The number of aromatic nitrogens is 1. The molecule has 1 aromatic heterocycles. The van der Waals surface area contributed by atoms with Gasteiger partial charge >= 0.3 is 6.09 Å². The van der Waals surface area contributed by atoms with Crippen molar-refractivity contribution < 1.29 is 23.7 Å². The van der Waals surface area contributed by atoms with Gasteiger partial charge in [-0.1, -0.05) is 36.4 Å². The SMILES string of the molecule is COc1ccc(C2CN(C(=O)OCc3cccnc3)CCO2)cc1OCCC1Cc2ccccc2C1. The van der Waals surface area contributed by atoms with Crippen molar-refractivity contribution in [3.05, 3.63) is 89.2 Å². The Morgan fingerprint density at radius 3 is 2.67 bits per heavy atom. The van der Waals surface area contributed by atoms with E-state index >= 15 is 0 Å². The third-order valence-electron chi connectivity index (χ3n) is 6.89. The Morgan fingerprint density at radius 1 is 1.08 bits per heavy atom. The zero-order valence-corrected chi connectivity index (χ0v) is 20.6. The number of hydrogen-bond donors (Lipinski definition) is 0. The van der Waals surface area contributed by atoms with Crippen LogP contribution in [0.3, 0.4) is 0 Å². The molecule has 1 saturated heterocycles. The lowest BCUT2D eigenvalue weighted by atomic mass is 10.0. The third-order valence-corrected chi connectivity index (χ3v) is 6.89. The van der Waals surface area contributed by atoms with Gasteiger partial charge in [-0.3, -0.25) is 4.98 Å². The molecule has 1 fully saturated rings. The monoisotopic (exact) mass is 488 g/mol. The van der Waals surface area contributed by atoms with Crippen LogP contribution in [0.1, 0.15) is 34.8 Å². The fourth-order valence-corrected chi connectivity index (χ4v) is 4.93. The highest BCUT2D eigenvalue weighted by Gasteiger charge is 2.27. The number of fused-ring (bicyclic) bond motifs is 1. The Hall–Kier alpha value is -3.58. The fourth-order valence-electron chi connectivity index (χ4n) is 4.93. The van der Waals surface area contributed by atoms with Gasteiger partial charge in [0.2, 0.25) is 0 Å². The summed E-state index contributed by atoms with van der Waals surface area (Å²) >= 11 is 0. The molecule has 1 amide bonds. The van der Waals surface area contributed by atoms with Crippen molar-refractivity contribution in [2.75, 3.05) is 33.4 Å². The molecule has 1 aliphatic heterocycles. The van der Waals surface area contributed by atoms with Crippen LogP contribution in [-0.4, -0.2) is 49.4 Å². The molecule has 0 bridgehead atoms. The number of nitrogens with zero attached hydrogens (tertiary/aromatic N) is 2. The van der Waals surface area contributed by atoms with Crippen LogP contribution in [0.15, 0.2) is 67.0 Å². The normalized spacial score (nSPS) is 17.5. The summed E-state index contributed by atoms with van der Waals surface area (Å²) in [6.07, 6.45) is 5.98. The van der Waals surface area contributed by atoms with Crippen molar-refractivity contribution in [2.24, 2.45) is 5.92 Å². The van der Waals surface area contributed by atoms with Gasteiger partial charge in [0.1, 0.15) is 12.7 Å². The number of pyridine rings is 1. The van der Waals surface area contributed by atoms with E-state index in [1.807, 2.05) is 30.3 Å². The van der Waals surface area contributed by atoms with Gasteiger partial charge in [-0.15, -0.1) is 0 Å². The number of amides is 1. The quantitative estimate of drug-likeness (QED) is 0.445. The Kier molecular flexibility index (Phi) is 7.67. The zero-order chi connectivity index (χ0) is 24.7. The molecule has 1 unspecified atom stereocenters. The highest BCUT2D eigenvalue weighted by molar-refractivity contribution is 5.67. The van der Waals surface area contributed by atoms with Crippen LogP contribution in [0, 0.1) is 5.92 Å². The zero-order valence-electron chi connectivity index (χ0n) is 20.6. The molecule has 3 aromatic rings. The second kappa shape index (κ2) is 11.4. The van der Waals surface area contributed by atoms with Gasteiger partial charge in [-0.2, -0.15) is 0 Å². The van der Waals surface area contributed by atoms with Gasteiger partial charge in [0.05, 0.1) is 26.9 Å². The molecule has 7 nitrogen and oxygen atoms in total. The van der Waals surface area contributed by atoms with E-state index in [9.17, 15) is 4.79 Å². The maximum atomic E-state index is 12.6. The molecule has 0 radical (unpaired) electrons. The van der Waals surface area contributed by atoms with Gasteiger partial charge in [-0.05, 0) is 60.1 Å². The average molecular weight is 489 g/mol. The van der Waals surface area contributed by atoms with Gasteiger partial charge < -0.3 is 23.8 Å². The first-order chi connectivity index (χ1) is 17.7. The molecule has 0 spiro atoms. The van der Waals surface area contributed by atoms with Crippen LogP contribution >= 0.6 is 0 Å². The second-order valence-corrected chi connectivity index (χ2v) is 9.31. The summed E-state index contributed by atoms with van der Waals surface area (Å²) < 4.78 is 23.2. The first kappa shape index (κ1) is 24.1. The van der Waals surface area contributed by atoms with E-state index in [2.05, 4.69) is 29.2 Å². The lowest BCUT2D eigenvalue weighted by Gasteiger charge is -2.32. The molecule has 188 valence electrons. The molecule has 5 rings (SSSR count). The molecule has 1 atom stereocenters. The topological polar surface area (TPSA) is 70.1 Å². The van der Waals surface area contributed by atoms with E-state index in [0.717, 1.165) is 30.4 Å². The summed E-state index contributed by atoms with van der Waals surface area (Å²) in [5, 5.41) is 0. The second-order valence-electron chi connectivity index (χ2n) is 9.31. The molecular formula is C29H32N2O5. The predicted octanol–water partition coefficient (Wildman–Crippen LogP) is 4.98. The molecule has 2 aliphatic rings. The van der Waals surface area contributed by atoms with E-state index in [-0.39, 0.29) is 18.8 Å². The maximum Gasteiger partial charge on any atom is 0.410 e. The smallest absolute Gasteiger partial charge is 0.410 e. The minimum absolute atomic E-state index is 0.196. The summed E-state index contributed by atoms with van der Waals surface area (Å²) in [6.45, 7) is 2.17. The van der Waals surface area contributed by atoms with Crippen molar-refractivity contribution >= 4 is 6.09 Å². The van der Waals surface area contributed by atoms with Gasteiger partial charge in [0.25, 0.3) is 0 Å². The largest absolute Gasteiger partial charge is 0.493 e. The van der Waals surface area contributed by atoms with Crippen molar-refractivity contribution in [3.8, 4) is 11.5 Å². The Morgan fingerprint density at radius 2 is 1.92 bits per heavy atom. The predicted molar refractivity (Wildman–Crippen MR) is 135 cm³/mol. The highest BCUT2D eigenvalue weighted by Crippen LogP contribution is 2.34. The van der Waals surface area contributed by atoms with Crippen molar-refractivity contribution in [2.45, 2.75) is 32.0 Å². The van der Waals surface area contributed by atoms with Crippen molar-refractivity contribution in [1.82, 2.24) is 9.88 Å². The Labute approximate surface area is 212 Å². The lowest BCUT2D eigenvalue weighted by Crippen LogP contribution is -2.42. The Bertz CT molecular complexity index is 1140. The van der Waals surface area contributed by atoms with Gasteiger partial charge in [0.15, 0.2) is 11.5 Å². The molecule has 1 aliphatic carbocycles. The molecule has 7 heteroatoms. The van der Waals surface area contributed by atoms with Gasteiger partial charge in [-0.25, -0.2) is 4.79 Å². The standard InChI is InChI=1S/C29H32N2O5/c1-33-26-9-8-25(17-27(26)34-13-10-21-15-23-6-2-3-7-24(23)16-21)28-19-31(12-14-35-28)29(32)36-20-22-5-4-11-30-18-22/h2-9,11,17-18,21,28H,10,12-16,19-20H2,1H3. The molecule has 2 aromatic carbocycles. The summed E-state index contributed by atoms with van der Waals surface area (Å²) in [5.41, 5.74) is 4.72. The lowest BCUT2D eigenvalue weighted by molar-refractivity contribution is -0.0297. The van der Waals surface area contributed by atoms with Crippen LogP contribution in [0.5, 0.6) is 11.5 Å². The third kappa shape index (κ3) is 5.79. The molecule has 0 N–H and O–H groups in total. The van der Waals surface area contributed by atoms with E-state index in [1.165, 1.54) is 11.1 Å².